The molecule has 3 heterocycles. The number of nitrogens with zero attached hydrogens (tertiary/aromatic N) is 3. The molecule has 1 aliphatic heterocycles. The molecule has 2 aromatic rings. The predicted octanol–water partition coefficient (Wildman–Crippen LogP) is 0.986. The molecule has 1 amide bonds. The van der Waals surface area contributed by atoms with E-state index in [9.17, 15) is 9.59 Å². The molecule has 122 valence electrons. The van der Waals surface area contributed by atoms with E-state index < -0.39 is 0 Å². The lowest BCUT2D eigenvalue weighted by Crippen LogP contribution is -2.43. The maximum atomic E-state index is 12.4. The summed E-state index contributed by atoms with van der Waals surface area (Å²) in [6.07, 6.45) is -0.0790. The largest absolute Gasteiger partial charge is 0.368 e. The zero-order valence-electron chi connectivity index (χ0n) is 13.0. The van der Waals surface area contributed by atoms with Crippen LogP contribution < -0.4 is 5.56 Å². The fourth-order valence-electron chi connectivity index (χ4n) is 2.58. The number of aromatic amines is 1. The van der Waals surface area contributed by atoms with Crippen LogP contribution in [0.15, 0.2) is 16.2 Å². The molecular weight excluding hydrogens is 316 g/mol. The van der Waals surface area contributed by atoms with Gasteiger partial charge in [-0.15, -0.1) is 11.3 Å². The average molecular weight is 334 g/mol. The molecule has 2 aromatic heterocycles. The number of H-pyrrole nitrogens is 1. The maximum absolute atomic E-state index is 12.4. The van der Waals surface area contributed by atoms with Crippen molar-refractivity contribution < 1.29 is 9.53 Å². The van der Waals surface area contributed by atoms with E-state index in [0.29, 0.717) is 37.6 Å². The van der Waals surface area contributed by atoms with Gasteiger partial charge in [0, 0.05) is 18.0 Å². The van der Waals surface area contributed by atoms with Gasteiger partial charge in [-0.05, 0) is 13.8 Å². The number of carbonyl (C=O) groups is 1. The van der Waals surface area contributed by atoms with Crippen LogP contribution in [-0.4, -0.2) is 45.5 Å². The molecule has 1 N–H and O–H groups in total. The van der Waals surface area contributed by atoms with Crippen LogP contribution in [0.2, 0.25) is 0 Å². The van der Waals surface area contributed by atoms with Crippen molar-refractivity contribution in [1.29, 1.82) is 0 Å². The first kappa shape index (κ1) is 15.8. The van der Waals surface area contributed by atoms with Gasteiger partial charge in [-0.2, -0.15) is 0 Å². The van der Waals surface area contributed by atoms with E-state index in [1.165, 1.54) is 17.4 Å². The van der Waals surface area contributed by atoms with Gasteiger partial charge in [0.15, 0.2) is 0 Å². The molecule has 1 unspecified atom stereocenters. The van der Waals surface area contributed by atoms with Crippen LogP contribution in [-0.2, 0) is 16.0 Å². The molecule has 0 saturated carbocycles. The monoisotopic (exact) mass is 334 g/mol. The minimum Gasteiger partial charge on any atom is -0.368 e. The molecule has 0 spiro atoms. The summed E-state index contributed by atoms with van der Waals surface area (Å²) in [5, 5.41) is 2.86. The van der Waals surface area contributed by atoms with Crippen LogP contribution in [0, 0.1) is 13.8 Å². The number of amides is 1. The number of ether oxygens (including phenoxy) is 1. The highest BCUT2D eigenvalue weighted by Gasteiger charge is 2.27. The molecule has 0 bridgehead atoms. The number of hydrogen-bond donors (Lipinski definition) is 1. The first-order valence-corrected chi connectivity index (χ1v) is 8.27. The fraction of sp³-hybridized carbons (Fsp3) is 0.467. The Morgan fingerprint density at radius 1 is 1.48 bits per heavy atom. The highest BCUT2D eigenvalue weighted by Crippen LogP contribution is 2.20. The van der Waals surface area contributed by atoms with Crippen LogP contribution in [0.5, 0.6) is 0 Å². The topological polar surface area (TPSA) is 88.2 Å². The lowest BCUT2D eigenvalue weighted by molar-refractivity contribution is -0.138. The Hall–Kier alpha value is -2.06. The smallest absolute Gasteiger partial charge is 0.251 e. The first-order chi connectivity index (χ1) is 11.0. The molecule has 1 atom stereocenters. The van der Waals surface area contributed by atoms with E-state index in [0.717, 1.165) is 10.7 Å². The number of aryl methyl sites for hydroxylation is 2. The molecule has 0 radical (unpaired) electrons. The minimum atomic E-state index is -0.370. The van der Waals surface area contributed by atoms with E-state index in [-0.39, 0.29) is 17.6 Å². The van der Waals surface area contributed by atoms with Crippen molar-refractivity contribution in [2.75, 3.05) is 19.7 Å². The van der Waals surface area contributed by atoms with Crippen LogP contribution in [0.4, 0.5) is 0 Å². The van der Waals surface area contributed by atoms with Crippen molar-refractivity contribution in [2.24, 2.45) is 0 Å². The molecule has 1 aliphatic rings. The summed E-state index contributed by atoms with van der Waals surface area (Å²) in [6, 6.07) is 1.43. The summed E-state index contributed by atoms with van der Waals surface area (Å²) < 4.78 is 5.69. The fourth-order valence-corrected chi connectivity index (χ4v) is 3.19. The van der Waals surface area contributed by atoms with Crippen molar-refractivity contribution in [3.05, 3.63) is 44.0 Å². The van der Waals surface area contributed by atoms with E-state index in [1.807, 2.05) is 12.3 Å². The summed E-state index contributed by atoms with van der Waals surface area (Å²) in [5.41, 5.74) is 1.15. The Morgan fingerprint density at radius 3 is 3.00 bits per heavy atom. The molecule has 0 aliphatic carbocycles. The van der Waals surface area contributed by atoms with Crippen LogP contribution in [0.3, 0.4) is 0 Å². The second-order valence-electron chi connectivity index (χ2n) is 5.49. The van der Waals surface area contributed by atoms with Crippen molar-refractivity contribution >= 4 is 17.2 Å². The molecular formula is C15H18N4O3S. The molecule has 1 saturated heterocycles. The highest BCUT2D eigenvalue weighted by atomic mass is 32.1. The summed E-state index contributed by atoms with van der Waals surface area (Å²) in [5.74, 6) is 0.558. The van der Waals surface area contributed by atoms with Crippen molar-refractivity contribution in [1.82, 2.24) is 19.9 Å². The van der Waals surface area contributed by atoms with Crippen molar-refractivity contribution in [3.8, 4) is 0 Å². The Morgan fingerprint density at radius 2 is 2.30 bits per heavy atom. The van der Waals surface area contributed by atoms with Crippen LogP contribution >= 0.6 is 11.3 Å². The summed E-state index contributed by atoms with van der Waals surface area (Å²) in [7, 11) is 0. The third-order valence-corrected chi connectivity index (χ3v) is 4.45. The number of carbonyl (C=O) groups excluding carboxylic acids is 1. The lowest BCUT2D eigenvalue weighted by atomic mass is 10.2. The first-order valence-electron chi connectivity index (χ1n) is 7.39. The van der Waals surface area contributed by atoms with Gasteiger partial charge in [0.2, 0.25) is 5.91 Å². The highest BCUT2D eigenvalue weighted by molar-refractivity contribution is 7.09. The van der Waals surface area contributed by atoms with E-state index in [1.54, 1.807) is 11.8 Å². The third-order valence-electron chi connectivity index (χ3n) is 3.63. The summed E-state index contributed by atoms with van der Waals surface area (Å²) in [6.45, 7) is 5.02. The number of rotatable bonds is 3. The number of morpholine rings is 1. The Kier molecular flexibility index (Phi) is 4.53. The summed E-state index contributed by atoms with van der Waals surface area (Å²) >= 11 is 1.54. The molecule has 23 heavy (non-hydrogen) atoms. The SMILES string of the molecule is Cc1nc(C2CN(C(=O)Cc3csc(C)n3)CCO2)cc(=O)[nH]1. The van der Waals surface area contributed by atoms with Gasteiger partial charge in [0.1, 0.15) is 11.9 Å². The third kappa shape index (κ3) is 3.83. The van der Waals surface area contributed by atoms with Crippen LogP contribution in [0.25, 0.3) is 0 Å². The predicted molar refractivity (Wildman–Crippen MR) is 85.4 cm³/mol. The number of thiazole rings is 1. The molecule has 0 aromatic carbocycles. The van der Waals surface area contributed by atoms with Gasteiger partial charge in [-0.25, -0.2) is 9.97 Å². The molecule has 7 nitrogen and oxygen atoms in total. The van der Waals surface area contributed by atoms with Gasteiger partial charge in [0.05, 0.1) is 36.0 Å². The second kappa shape index (κ2) is 6.59. The summed E-state index contributed by atoms with van der Waals surface area (Å²) in [4.78, 5) is 37.0. The van der Waals surface area contributed by atoms with E-state index in [4.69, 9.17) is 4.74 Å². The van der Waals surface area contributed by atoms with Gasteiger partial charge in [-0.1, -0.05) is 0 Å². The zero-order valence-corrected chi connectivity index (χ0v) is 13.9. The van der Waals surface area contributed by atoms with E-state index >= 15 is 0 Å². The quantitative estimate of drug-likeness (QED) is 0.904. The average Bonchev–Trinajstić information content (AvgIpc) is 2.91. The Balaban J connectivity index is 1.70. The number of nitrogens with one attached hydrogen (secondary N) is 1. The number of hydrogen-bond acceptors (Lipinski definition) is 6. The van der Waals surface area contributed by atoms with Gasteiger partial charge in [0.25, 0.3) is 5.56 Å². The molecule has 1 fully saturated rings. The molecule has 3 rings (SSSR count). The Bertz CT molecular complexity index is 770. The van der Waals surface area contributed by atoms with Gasteiger partial charge >= 0.3 is 0 Å². The zero-order chi connectivity index (χ0) is 16.4. The van der Waals surface area contributed by atoms with Crippen molar-refractivity contribution in [3.63, 3.8) is 0 Å². The molecule has 8 heteroatoms. The lowest BCUT2D eigenvalue weighted by Gasteiger charge is -2.32. The normalized spacial score (nSPS) is 18.2. The van der Waals surface area contributed by atoms with E-state index in [2.05, 4.69) is 15.0 Å². The van der Waals surface area contributed by atoms with Gasteiger partial charge < -0.3 is 14.6 Å². The standard InChI is InChI=1S/C15H18N4O3S/c1-9-16-12(6-14(20)17-9)13-7-19(3-4-22-13)15(21)5-11-8-23-10(2)18-11/h6,8,13H,3-5,7H2,1-2H3,(H,16,17,20). The minimum absolute atomic E-state index is 0.0187. The second-order valence-corrected chi connectivity index (χ2v) is 6.55. The Labute approximate surface area is 137 Å². The van der Waals surface area contributed by atoms with Crippen LogP contribution in [0.1, 0.15) is 28.3 Å². The maximum Gasteiger partial charge on any atom is 0.251 e. The van der Waals surface area contributed by atoms with Gasteiger partial charge in [-0.3, -0.25) is 9.59 Å². The number of aromatic nitrogens is 3. The van der Waals surface area contributed by atoms with Crippen molar-refractivity contribution in [2.45, 2.75) is 26.4 Å².